The molecule has 0 unspecified atom stereocenters. The molecular weight excluding hydrogens is 753 g/mol. The first-order valence-corrected chi connectivity index (χ1v) is 18.1. The quantitative estimate of drug-likeness (QED) is 0.161. The number of piperazine rings is 1. The number of oxazole rings is 1. The molecule has 1 amide bonds. The molecule has 0 radical (unpaired) electrons. The van der Waals surface area contributed by atoms with E-state index in [1.165, 1.54) is 12.1 Å². The van der Waals surface area contributed by atoms with E-state index >= 15 is 0 Å². The zero-order valence-corrected chi connectivity index (χ0v) is 30.3. The maximum absolute atomic E-state index is 14.3. The van der Waals surface area contributed by atoms with Gasteiger partial charge in [-0.1, -0.05) is 38.1 Å². The summed E-state index contributed by atoms with van der Waals surface area (Å²) in [5.74, 6) is -2.97. The van der Waals surface area contributed by atoms with E-state index in [0.717, 1.165) is 29.6 Å². The number of carbonyl (C=O) groups excluding carboxylic acids is 1. The number of anilines is 2. The minimum atomic E-state index is -5.08. The SMILES string of the molecule is CC(=O)N1CCN(c2ccc(Cc3nccc(-c4oc(C(C)C)nc4-c4cccc(NS(=O)(=O)c5c(F)cccc5F)c4)n3)cn2)CC1.O=C(O)C(F)(F)F. The van der Waals surface area contributed by atoms with Gasteiger partial charge < -0.3 is 19.3 Å². The van der Waals surface area contributed by atoms with Crippen LogP contribution < -0.4 is 9.62 Å². The molecule has 0 spiro atoms. The summed E-state index contributed by atoms with van der Waals surface area (Å²) in [5.41, 5.74) is 2.37. The predicted octanol–water partition coefficient (Wildman–Crippen LogP) is 6.29. The van der Waals surface area contributed by atoms with Crippen molar-refractivity contribution in [3.63, 3.8) is 0 Å². The van der Waals surface area contributed by atoms with Gasteiger partial charge in [0.2, 0.25) is 5.91 Å². The molecule has 1 fully saturated rings. The van der Waals surface area contributed by atoms with Crippen molar-refractivity contribution >= 4 is 33.4 Å². The Kier molecular flexibility index (Phi) is 12.1. The molecule has 55 heavy (non-hydrogen) atoms. The summed E-state index contributed by atoms with van der Waals surface area (Å²) in [4.78, 5) is 42.0. The minimum Gasteiger partial charge on any atom is -0.475 e. The van der Waals surface area contributed by atoms with Crippen LogP contribution in [0.5, 0.6) is 0 Å². The van der Waals surface area contributed by atoms with Gasteiger partial charge in [-0.15, -0.1) is 0 Å². The smallest absolute Gasteiger partial charge is 0.475 e. The number of nitrogens with zero attached hydrogens (tertiary/aromatic N) is 6. The topological polar surface area (TPSA) is 172 Å². The maximum atomic E-state index is 14.3. The first-order valence-electron chi connectivity index (χ1n) is 16.6. The number of hydrogen-bond donors (Lipinski definition) is 2. The maximum Gasteiger partial charge on any atom is 0.490 e. The van der Waals surface area contributed by atoms with Crippen molar-refractivity contribution in [1.29, 1.82) is 0 Å². The largest absolute Gasteiger partial charge is 0.490 e. The fraction of sp³-hybridized carbons (Fsp3) is 0.278. The van der Waals surface area contributed by atoms with Crippen LogP contribution in [0.2, 0.25) is 0 Å². The van der Waals surface area contributed by atoms with E-state index in [4.69, 9.17) is 24.3 Å². The number of aliphatic carboxylic acids is 1. The van der Waals surface area contributed by atoms with E-state index in [0.29, 0.717) is 67.0 Å². The lowest BCUT2D eigenvalue weighted by molar-refractivity contribution is -0.192. The van der Waals surface area contributed by atoms with E-state index in [-0.39, 0.29) is 17.5 Å². The molecular formula is C36H34F5N7O6S. The molecule has 6 rings (SSSR count). The molecule has 0 saturated carbocycles. The second kappa shape index (κ2) is 16.6. The van der Waals surface area contributed by atoms with Crippen LogP contribution in [0.4, 0.5) is 33.5 Å². The Hall–Kier alpha value is -5.98. The Morgan fingerprint density at radius 1 is 0.945 bits per heavy atom. The molecule has 290 valence electrons. The van der Waals surface area contributed by atoms with Crippen LogP contribution in [0, 0.1) is 11.6 Å². The fourth-order valence-electron chi connectivity index (χ4n) is 5.38. The van der Waals surface area contributed by atoms with Crippen molar-refractivity contribution in [3.05, 3.63) is 102 Å². The number of nitrogens with one attached hydrogen (secondary N) is 1. The number of amides is 1. The van der Waals surface area contributed by atoms with Gasteiger partial charge in [-0.2, -0.15) is 13.2 Å². The lowest BCUT2D eigenvalue weighted by atomic mass is 10.1. The number of pyridine rings is 1. The molecule has 19 heteroatoms. The molecule has 2 aromatic carbocycles. The number of rotatable bonds is 9. The highest BCUT2D eigenvalue weighted by Gasteiger charge is 2.38. The van der Waals surface area contributed by atoms with Gasteiger partial charge >= 0.3 is 12.1 Å². The van der Waals surface area contributed by atoms with Crippen LogP contribution in [-0.2, 0) is 26.0 Å². The molecule has 0 atom stereocenters. The van der Waals surface area contributed by atoms with Crippen molar-refractivity contribution in [1.82, 2.24) is 24.8 Å². The van der Waals surface area contributed by atoms with Crippen molar-refractivity contribution in [2.75, 3.05) is 35.8 Å². The van der Waals surface area contributed by atoms with Crippen LogP contribution in [0.1, 0.15) is 44.0 Å². The Balaban J connectivity index is 0.000000757. The third-order valence-corrected chi connectivity index (χ3v) is 9.55. The van der Waals surface area contributed by atoms with Crippen LogP contribution in [-0.4, -0.2) is 82.6 Å². The summed E-state index contributed by atoms with van der Waals surface area (Å²) in [6.45, 7) is 8.19. The Bertz CT molecular complexity index is 2260. The molecule has 0 bridgehead atoms. The zero-order chi connectivity index (χ0) is 40.1. The highest BCUT2D eigenvalue weighted by Crippen LogP contribution is 2.35. The highest BCUT2D eigenvalue weighted by atomic mass is 32.2. The molecule has 0 aliphatic carbocycles. The molecule has 13 nitrogen and oxygen atoms in total. The minimum absolute atomic E-state index is 0.0699. The molecule has 1 saturated heterocycles. The van der Waals surface area contributed by atoms with Crippen molar-refractivity contribution in [2.45, 2.75) is 44.2 Å². The monoisotopic (exact) mass is 787 g/mol. The Morgan fingerprint density at radius 3 is 2.18 bits per heavy atom. The zero-order valence-electron chi connectivity index (χ0n) is 29.5. The predicted molar refractivity (Wildman–Crippen MR) is 189 cm³/mol. The van der Waals surface area contributed by atoms with Gasteiger partial charge in [0, 0.05) is 69.1 Å². The van der Waals surface area contributed by atoms with Crippen LogP contribution in [0.15, 0.2) is 82.4 Å². The normalized spacial score (nSPS) is 13.3. The van der Waals surface area contributed by atoms with Crippen LogP contribution >= 0.6 is 0 Å². The van der Waals surface area contributed by atoms with Gasteiger partial charge in [-0.05, 0) is 42.0 Å². The van der Waals surface area contributed by atoms with Crippen molar-refractivity contribution in [3.8, 4) is 22.7 Å². The molecule has 1 aliphatic rings. The molecule has 3 aromatic heterocycles. The second-order valence-electron chi connectivity index (χ2n) is 12.5. The highest BCUT2D eigenvalue weighted by molar-refractivity contribution is 7.92. The average molecular weight is 788 g/mol. The summed E-state index contributed by atoms with van der Waals surface area (Å²) in [6.07, 6.45) is -1.26. The summed E-state index contributed by atoms with van der Waals surface area (Å²) in [7, 11) is -4.58. The number of aromatic nitrogens is 4. The summed E-state index contributed by atoms with van der Waals surface area (Å²) in [6, 6.07) is 14.8. The number of halogens is 5. The number of hydrogen-bond acceptors (Lipinski definition) is 10. The second-order valence-corrected chi connectivity index (χ2v) is 14.1. The fourth-order valence-corrected chi connectivity index (χ4v) is 6.57. The number of carboxylic acids is 1. The first kappa shape index (κ1) is 40.2. The van der Waals surface area contributed by atoms with E-state index in [2.05, 4.69) is 19.6 Å². The number of benzene rings is 2. The standard InChI is InChI=1S/C34H33F2N7O4S.C2HF3O2/c1-21(2)34-40-31(24-6-4-7-25(19-24)41-48(45,46)33-26(35)8-5-9-27(33)36)32(47-34)28-12-13-37-29(39-28)18-23-10-11-30(38-20-23)43-16-14-42(15-17-43)22(3)44;3-2(4,5)1(6)7/h4-13,19-21,41H,14-18H2,1-3H3;(H,6,7). The molecule has 2 N–H and O–H groups in total. The van der Waals surface area contributed by atoms with E-state index in [9.17, 15) is 35.2 Å². The third kappa shape index (κ3) is 9.97. The third-order valence-electron chi connectivity index (χ3n) is 8.11. The number of sulfonamides is 1. The summed E-state index contributed by atoms with van der Waals surface area (Å²) in [5, 5.41) is 7.12. The van der Waals surface area contributed by atoms with Gasteiger partial charge in [-0.3, -0.25) is 9.52 Å². The number of carbonyl (C=O) groups is 2. The van der Waals surface area contributed by atoms with E-state index < -0.39 is 38.7 Å². The number of carboxylic acid groups (broad SMARTS) is 1. The van der Waals surface area contributed by atoms with E-state index in [1.807, 2.05) is 30.9 Å². The molecule has 5 aromatic rings. The average Bonchev–Trinajstić information content (AvgIpc) is 3.58. The van der Waals surface area contributed by atoms with Gasteiger partial charge in [0.25, 0.3) is 10.0 Å². The van der Waals surface area contributed by atoms with Gasteiger partial charge in [0.15, 0.2) is 16.5 Å². The van der Waals surface area contributed by atoms with Gasteiger partial charge in [0.05, 0.1) is 0 Å². The van der Waals surface area contributed by atoms with Crippen molar-refractivity contribution in [2.24, 2.45) is 0 Å². The van der Waals surface area contributed by atoms with Crippen molar-refractivity contribution < 1.29 is 49.5 Å². The molecule has 1 aliphatic heterocycles. The summed E-state index contributed by atoms with van der Waals surface area (Å²) < 4.78 is 94.7. The van der Waals surface area contributed by atoms with Crippen LogP contribution in [0.25, 0.3) is 22.7 Å². The molecule has 4 heterocycles. The van der Waals surface area contributed by atoms with Crippen LogP contribution in [0.3, 0.4) is 0 Å². The lowest BCUT2D eigenvalue weighted by Gasteiger charge is -2.34. The Labute approximate surface area is 311 Å². The van der Waals surface area contributed by atoms with Gasteiger partial charge in [-0.25, -0.2) is 41.9 Å². The number of alkyl halides is 3. The van der Waals surface area contributed by atoms with E-state index in [1.54, 1.807) is 37.5 Å². The van der Waals surface area contributed by atoms with Gasteiger partial charge in [0.1, 0.15) is 34.7 Å². The lowest BCUT2D eigenvalue weighted by Crippen LogP contribution is -2.48. The first-order chi connectivity index (χ1) is 25.9. The Morgan fingerprint density at radius 2 is 1.60 bits per heavy atom. The summed E-state index contributed by atoms with van der Waals surface area (Å²) >= 11 is 0.